The molecule has 2 aromatic heterocycles. The van der Waals surface area contributed by atoms with Crippen molar-refractivity contribution in [3.63, 3.8) is 0 Å². The van der Waals surface area contributed by atoms with Gasteiger partial charge in [-0.1, -0.05) is 54.6 Å². The molecule has 0 amide bonds. The normalized spacial score (nSPS) is 11.1. The molecular formula is C39H19N3O2. The van der Waals surface area contributed by atoms with Gasteiger partial charge in [-0.3, -0.25) is 0 Å². The summed E-state index contributed by atoms with van der Waals surface area (Å²) in [5, 5.41) is 34.6. The van der Waals surface area contributed by atoms with E-state index in [2.05, 4.69) is 18.2 Å². The number of furan rings is 2. The van der Waals surface area contributed by atoms with Crippen molar-refractivity contribution in [2.24, 2.45) is 0 Å². The lowest BCUT2D eigenvalue weighted by Crippen LogP contribution is -1.96. The van der Waals surface area contributed by atoms with E-state index >= 15 is 0 Å². The van der Waals surface area contributed by atoms with Gasteiger partial charge in [0.2, 0.25) is 0 Å². The molecule has 6 aromatic carbocycles. The van der Waals surface area contributed by atoms with Gasteiger partial charge in [0.05, 0.1) is 28.8 Å². The van der Waals surface area contributed by atoms with Crippen LogP contribution in [-0.2, 0) is 0 Å². The highest BCUT2D eigenvalue weighted by Gasteiger charge is 2.20. The van der Waals surface area contributed by atoms with E-state index in [1.54, 1.807) is 18.2 Å². The van der Waals surface area contributed by atoms with Crippen LogP contribution in [0.2, 0.25) is 0 Å². The first kappa shape index (κ1) is 25.1. The van der Waals surface area contributed by atoms with Crippen LogP contribution in [-0.4, -0.2) is 0 Å². The van der Waals surface area contributed by atoms with Gasteiger partial charge in [-0.15, -0.1) is 0 Å². The van der Waals surface area contributed by atoms with Crippen LogP contribution in [0, 0.1) is 34.0 Å². The molecule has 44 heavy (non-hydrogen) atoms. The summed E-state index contributed by atoms with van der Waals surface area (Å²) in [4.78, 5) is 0. The summed E-state index contributed by atoms with van der Waals surface area (Å²) in [6.07, 6.45) is 0. The molecule has 0 unspecified atom stereocenters. The molecule has 0 fully saturated rings. The highest BCUT2D eigenvalue weighted by molar-refractivity contribution is 6.08. The lowest BCUT2D eigenvalue weighted by molar-refractivity contribution is 0.668. The Balaban J connectivity index is 1.46. The fraction of sp³-hybridized carbons (Fsp3) is 0. The molecule has 8 aromatic rings. The molecule has 5 heteroatoms. The van der Waals surface area contributed by atoms with Crippen LogP contribution in [0.5, 0.6) is 0 Å². The van der Waals surface area contributed by atoms with Gasteiger partial charge in [-0.25, -0.2) is 0 Å². The number of hydrogen-bond acceptors (Lipinski definition) is 5. The van der Waals surface area contributed by atoms with Crippen molar-refractivity contribution in [1.29, 1.82) is 15.8 Å². The Morgan fingerprint density at radius 2 is 0.886 bits per heavy atom. The molecule has 0 radical (unpaired) electrons. The molecule has 2 heterocycles. The molecule has 0 spiro atoms. The first-order valence-electron chi connectivity index (χ1n) is 14.0. The number of hydrogen-bond donors (Lipinski definition) is 0. The Morgan fingerprint density at radius 3 is 1.36 bits per heavy atom. The van der Waals surface area contributed by atoms with E-state index in [0.29, 0.717) is 38.9 Å². The van der Waals surface area contributed by atoms with E-state index < -0.39 is 0 Å². The predicted octanol–water partition coefficient (Wildman–Crippen LogP) is 10.1. The van der Waals surface area contributed by atoms with Crippen molar-refractivity contribution in [3.8, 4) is 51.6 Å². The van der Waals surface area contributed by atoms with Crippen molar-refractivity contribution < 1.29 is 8.83 Å². The second-order valence-corrected chi connectivity index (χ2v) is 10.6. The third kappa shape index (κ3) is 3.77. The first-order valence-corrected chi connectivity index (χ1v) is 14.0. The Bertz CT molecular complexity index is 2430. The van der Waals surface area contributed by atoms with Crippen LogP contribution in [0.25, 0.3) is 77.3 Å². The minimum atomic E-state index is 0.387. The second kappa shape index (κ2) is 9.74. The minimum absolute atomic E-state index is 0.387. The molecule has 202 valence electrons. The summed E-state index contributed by atoms with van der Waals surface area (Å²) < 4.78 is 12.1. The number of benzene rings is 6. The number of fused-ring (bicyclic) bond motifs is 6. The monoisotopic (exact) mass is 561 g/mol. The van der Waals surface area contributed by atoms with Crippen molar-refractivity contribution in [2.45, 2.75) is 0 Å². The van der Waals surface area contributed by atoms with Crippen LogP contribution in [0.15, 0.2) is 124 Å². The molecule has 0 bridgehead atoms. The van der Waals surface area contributed by atoms with Gasteiger partial charge in [-0.2, -0.15) is 15.8 Å². The van der Waals surface area contributed by atoms with Gasteiger partial charge in [0.25, 0.3) is 0 Å². The van der Waals surface area contributed by atoms with Gasteiger partial charge in [0.15, 0.2) is 0 Å². The average molecular weight is 562 g/mol. The van der Waals surface area contributed by atoms with Crippen molar-refractivity contribution >= 4 is 43.9 Å². The Kier molecular flexibility index (Phi) is 5.56. The van der Waals surface area contributed by atoms with Crippen LogP contribution in [0.4, 0.5) is 0 Å². The summed E-state index contributed by atoms with van der Waals surface area (Å²) >= 11 is 0. The number of para-hydroxylation sites is 2. The summed E-state index contributed by atoms with van der Waals surface area (Å²) in [5.41, 5.74) is 8.60. The van der Waals surface area contributed by atoms with E-state index in [1.807, 2.05) is 97.1 Å². The maximum absolute atomic E-state index is 10.7. The van der Waals surface area contributed by atoms with Gasteiger partial charge in [-0.05, 0) is 77.4 Å². The van der Waals surface area contributed by atoms with Crippen LogP contribution >= 0.6 is 0 Å². The zero-order valence-corrected chi connectivity index (χ0v) is 23.1. The first-order chi connectivity index (χ1) is 21.7. The number of nitrogens with zero attached hydrogens (tertiary/aromatic N) is 3. The number of nitriles is 3. The lowest BCUT2D eigenvalue weighted by atomic mass is 9.85. The zero-order chi connectivity index (χ0) is 29.8. The standard InChI is InChI=1S/C39H19N3O2/c40-20-25-6-5-7-26(21-41)39(25)27-18-30(23-12-14-37-32(16-23)28-8-1-3-10-35(28)43-37)34(22-42)31(19-27)24-13-15-38-33(17-24)29-9-2-4-11-36(29)44-38/h1-19H. The highest BCUT2D eigenvalue weighted by Crippen LogP contribution is 2.42. The third-order valence-electron chi connectivity index (χ3n) is 8.22. The fourth-order valence-electron chi connectivity index (χ4n) is 6.20. The molecule has 0 saturated heterocycles. The molecule has 0 atom stereocenters. The summed E-state index contributed by atoms with van der Waals surface area (Å²) in [6, 6.07) is 43.5. The topological polar surface area (TPSA) is 97.6 Å². The van der Waals surface area contributed by atoms with E-state index in [1.165, 1.54) is 0 Å². The lowest BCUT2D eigenvalue weighted by Gasteiger charge is -2.16. The van der Waals surface area contributed by atoms with Crippen LogP contribution in [0.3, 0.4) is 0 Å². The summed E-state index contributed by atoms with van der Waals surface area (Å²) in [6.45, 7) is 0. The van der Waals surface area contributed by atoms with Gasteiger partial charge in [0.1, 0.15) is 28.4 Å². The molecule has 5 nitrogen and oxygen atoms in total. The van der Waals surface area contributed by atoms with E-state index in [0.717, 1.165) is 55.0 Å². The fourth-order valence-corrected chi connectivity index (χ4v) is 6.20. The molecule has 0 aliphatic heterocycles. The largest absolute Gasteiger partial charge is 0.456 e. The average Bonchev–Trinajstić information content (AvgIpc) is 3.64. The molecule has 0 aliphatic carbocycles. The van der Waals surface area contributed by atoms with Crippen LogP contribution in [0.1, 0.15) is 16.7 Å². The third-order valence-corrected chi connectivity index (χ3v) is 8.22. The molecule has 0 N–H and O–H groups in total. The van der Waals surface area contributed by atoms with Crippen molar-refractivity contribution in [3.05, 3.63) is 132 Å². The van der Waals surface area contributed by atoms with E-state index in [4.69, 9.17) is 8.83 Å². The molecule has 8 rings (SSSR count). The number of rotatable bonds is 3. The van der Waals surface area contributed by atoms with E-state index in [9.17, 15) is 15.8 Å². The molecule has 0 saturated carbocycles. The summed E-state index contributed by atoms with van der Waals surface area (Å²) in [5.74, 6) is 0. The van der Waals surface area contributed by atoms with Gasteiger partial charge in [0, 0.05) is 38.2 Å². The Labute approximate surface area is 251 Å². The quantitative estimate of drug-likeness (QED) is 0.214. The minimum Gasteiger partial charge on any atom is -0.456 e. The van der Waals surface area contributed by atoms with Gasteiger partial charge < -0.3 is 8.83 Å². The maximum Gasteiger partial charge on any atom is 0.135 e. The summed E-state index contributed by atoms with van der Waals surface area (Å²) in [7, 11) is 0. The SMILES string of the molecule is N#Cc1cccc(C#N)c1-c1cc(-c2ccc3oc4ccccc4c3c2)c(C#N)c(-c2ccc3oc4ccccc4c3c2)c1. The highest BCUT2D eigenvalue weighted by atomic mass is 16.3. The zero-order valence-electron chi connectivity index (χ0n) is 23.1. The van der Waals surface area contributed by atoms with E-state index in [-0.39, 0.29) is 0 Å². The molecule has 0 aliphatic rings. The Morgan fingerprint density at radius 1 is 0.409 bits per heavy atom. The van der Waals surface area contributed by atoms with Crippen LogP contribution < -0.4 is 0 Å². The molecular weight excluding hydrogens is 542 g/mol. The van der Waals surface area contributed by atoms with Gasteiger partial charge >= 0.3 is 0 Å². The smallest absolute Gasteiger partial charge is 0.135 e. The maximum atomic E-state index is 10.7. The second-order valence-electron chi connectivity index (χ2n) is 10.6. The van der Waals surface area contributed by atoms with Crippen molar-refractivity contribution in [1.82, 2.24) is 0 Å². The van der Waals surface area contributed by atoms with Crippen molar-refractivity contribution in [2.75, 3.05) is 0 Å². The predicted molar refractivity (Wildman–Crippen MR) is 171 cm³/mol. The Hall–Kier alpha value is -6.61.